The lowest BCUT2D eigenvalue weighted by molar-refractivity contribution is 0.660. The number of hydrogen-bond donors (Lipinski definition) is 0. The molecule has 2 heterocycles. The Morgan fingerprint density at radius 2 is 1.14 bits per heavy atom. The lowest BCUT2D eigenvalue weighted by atomic mass is 9.81. The highest BCUT2D eigenvalue weighted by Crippen LogP contribution is 2.49. The number of fused-ring (bicyclic) bond motifs is 7. The highest BCUT2D eigenvalue weighted by atomic mass is 32.1. The van der Waals surface area contributed by atoms with Crippen LogP contribution in [0.15, 0.2) is 158 Å². The first-order chi connectivity index (χ1) is 24.0. The van der Waals surface area contributed by atoms with Crippen LogP contribution in [0.3, 0.4) is 0 Å². The quantitative estimate of drug-likeness (QED) is 0.186. The van der Waals surface area contributed by atoms with Crippen LogP contribution in [0.25, 0.3) is 81.7 Å². The van der Waals surface area contributed by atoms with E-state index in [0.29, 0.717) is 0 Å². The average molecular weight is 645 g/mol. The van der Waals surface area contributed by atoms with E-state index in [0.717, 1.165) is 21.8 Å². The Kier molecular flexibility index (Phi) is 6.12. The van der Waals surface area contributed by atoms with Crippen molar-refractivity contribution in [3.8, 4) is 49.6 Å². The molecule has 7 aromatic carbocycles. The van der Waals surface area contributed by atoms with E-state index in [2.05, 4.69) is 170 Å². The summed E-state index contributed by atoms with van der Waals surface area (Å²) in [5.74, 6) is 0. The molecule has 2 nitrogen and oxygen atoms in total. The van der Waals surface area contributed by atoms with Crippen molar-refractivity contribution in [2.45, 2.75) is 19.3 Å². The molecule has 9 aromatic rings. The molecule has 0 radical (unpaired) electrons. The van der Waals surface area contributed by atoms with Gasteiger partial charge < -0.3 is 4.57 Å². The van der Waals surface area contributed by atoms with Gasteiger partial charge in [-0.15, -0.1) is 11.3 Å². The molecule has 0 N–H and O–H groups in total. The number of hydrogen-bond acceptors (Lipinski definition) is 2. The standard InChI is InChI=1S/C46H32N2S/c1-46(2)39-13-7-6-12-35(39)36-23-20-32(27-40(36)46)31-22-25-42-38(26-31)37-24-21-33(28-43(37)48(42)34-10-4-3-5-11-34)29-16-18-30(19-17-29)45-47-41-14-8-9-15-44(41)49-45/h3-28H,1-2H3. The molecular weight excluding hydrogens is 613 g/mol. The molecule has 3 heteroatoms. The molecule has 0 saturated heterocycles. The fourth-order valence-corrected chi connectivity index (χ4v) is 8.89. The third kappa shape index (κ3) is 4.36. The molecule has 0 spiro atoms. The summed E-state index contributed by atoms with van der Waals surface area (Å²) < 4.78 is 3.63. The topological polar surface area (TPSA) is 17.8 Å². The summed E-state index contributed by atoms with van der Waals surface area (Å²) in [5.41, 5.74) is 16.2. The molecule has 49 heavy (non-hydrogen) atoms. The number of para-hydroxylation sites is 2. The molecular formula is C46H32N2S. The average Bonchev–Trinajstić information content (AvgIpc) is 3.80. The second-order valence-electron chi connectivity index (χ2n) is 13.6. The van der Waals surface area contributed by atoms with E-state index < -0.39 is 0 Å². The summed E-state index contributed by atoms with van der Waals surface area (Å²) in [5, 5.41) is 3.57. The maximum absolute atomic E-state index is 4.87. The molecule has 0 aliphatic heterocycles. The van der Waals surface area contributed by atoms with Crippen LogP contribution in [0.5, 0.6) is 0 Å². The molecule has 1 aliphatic carbocycles. The smallest absolute Gasteiger partial charge is 0.124 e. The van der Waals surface area contributed by atoms with Crippen LogP contribution in [0.2, 0.25) is 0 Å². The maximum Gasteiger partial charge on any atom is 0.124 e. The summed E-state index contributed by atoms with van der Waals surface area (Å²) >= 11 is 1.74. The van der Waals surface area contributed by atoms with Crippen LogP contribution < -0.4 is 0 Å². The summed E-state index contributed by atoms with van der Waals surface area (Å²) in [4.78, 5) is 4.87. The van der Waals surface area contributed by atoms with E-state index >= 15 is 0 Å². The Balaban J connectivity index is 1.09. The molecule has 0 fully saturated rings. The van der Waals surface area contributed by atoms with Crippen molar-refractivity contribution >= 4 is 43.4 Å². The normalized spacial score (nSPS) is 13.3. The van der Waals surface area contributed by atoms with Crippen molar-refractivity contribution in [1.29, 1.82) is 0 Å². The minimum absolute atomic E-state index is 0.0294. The maximum atomic E-state index is 4.87. The van der Waals surface area contributed by atoms with Gasteiger partial charge in [0.1, 0.15) is 5.01 Å². The van der Waals surface area contributed by atoms with E-state index in [-0.39, 0.29) is 5.41 Å². The molecule has 1 aliphatic rings. The predicted molar refractivity (Wildman–Crippen MR) is 208 cm³/mol. The van der Waals surface area contributed by atoms with Crippen molar-refractivity contribution in [2.24, 2.45) is 0 Å². The minimum atomic E-state index is -0.0294. The number of benzene rings is 7. The van der Waals surface area contributed by atoms with Gasteiger partial charge in [-0.3, -0.25) is 0 Å². The van der Waals surface area contributed by atoms with E-state index in [9.17, 15) is 0 Å². The summed E-state index contributed by atoms with van der Waals surface area (Å²) in [6.45, 7) is 4.70. The fourth-order valence-electron chi connectivity index (χ4n) is 7.92. The van der Waals surface area contributed by atoms with Gasteiger partial charge in [0.25, 0.3) is 0 Å². The molecule has 0 saturated carbocycles. The number of aromatic nitrogens is 2. The van der Waals surface area contributed by atoms with Crippen LogP contribution in [0, 0.1) is 0 Å². The summed E-state index contributed by atoms with van der Waals surface area (Å²) in [7, 11) is 0. The van der Waals surface area contributed by atoms with E-state index in [1.807, 2.05) is 6.07 Å². The molecule has 0 amide bonds. The number of rotatable bonds is 4. The van der Waals surface area contributed by atoms with Gasteiger partial charge in [-0.05, 0) is 93.0 Å². The van der Waals surface area contributed by atoms with Gasteiger partial charge in [-0.2, -0.15) is 0 Å². The molecule has 10 rings (SSSR count). The first-order valence-electron chi connectivity index (χ1n) is 16.9. The van der Waals surface area contributed by atoms with Crippen molar-refractivity contribution in [1.82, 2.24) is 9.55 Å². The summed E-state index contributed by atoms with van der Waals surface area (Å²) in [6.07, 6.45) is 0. The van der Waals surface area contributed by atoms with Gasteiger partial charge >= 0.3 is 0 Å². The number of nitrogens with zero attached hydrogens (tertiary/aromatic N) is 2. The molecule has 0 unspecified atom stereocenters. The molecule has 2 aromatic heterocycles. The monoisotopic (exact) mass is 644 g/mol. The number of thiazole rings is 1. The van der Waals surface area contributed by atoms with Gasteiger partial charge in [-0.1, -0.05) is 123 Å². The lowest BCUT2D eigenvalue weighted by Gasteiger charge is -2.22. The van der Waals surface area contributed by atoms with Crippen molar-refractivity contribution in [3.63, 3.8) is 0 Å². The van der Waals surface area contributed by atoms with Gasteiger partial charge in [0.05, 0.1) is 21.3 Å². The van der Waals surface area contributed by atoms with Gasteiger partial charge in [-0.25, -0.2) is 4.98 Å². The third-order valence-corrected chi connectivity index (χ3v) is 11.5. The van der Waals surface area contributed by atoms with E-state index in [1.54, 1.807) is 11.3 Å². The summed E-state index contributed by atoms with van der Waals surface area (Å²) in [6, 6.07) is 57.7. The molecule has 232 valence electrons. The Labute approximate surface area is 289 Å². The van der Waals surface area contributed by atoms with Crippen LogP contribution in [-0.4, -0.2) is 9.55 Å². The molecule has 0 bridgehead atoms. The van der Waals surface area contributed by atoms with Crippen molar-refractivity contribution in [2.75, 3.05) is 0 Å². The zero-order valence-corrected chi connectivity index (χ0v) is 28.1. The zero-order valence-electron chi connectivity index (χ0n) is 27.3. The van der Waals surface area contributed by atoms with Crippen LogP contribution in [0.4, 0.5) is 0 Å². The Morgan fingerprint density at radius 1 is 0.490 bits per heavy atom. The first kappa shape index (κ1) is 28.3. The Bertz CT molecular complexity index is 2700. The second-order valence-corrected chi connectivity index (χ2v) is 14.7. The van der Waals surface area contributed by atoms with Gasteiger partial charge in [0.2, 0.25) is 0 Å². The molecule has 0 atom stereocenters. The third-order valence-electron chi connectivity index (χ3n) is 10.5. The fraction of sp³-hybridized carbons (Fsp3) is 0.0652. The van der Waals surface area contributed by atoms with Crippen LogP contribution in [0.1, 0.15) is 25.0 Å². The Hall–Kier alpha value is -5.77. The van der Waals surface area contributed by atoms with Crippen molar-refractivity contribution < 1.29 is 0 Å². The second kappa shape index (κ2) is 10.6. The Morgan fingerprint density at radius 3 is 2.00 bits per heavy atom. The largest absolute Gasteiger partial charge is 0.309 e. The minimum Gasteiger partial charge on any atom is -0.309 e. The SMILES string of the molecule is CC1(C)c2ccccc2-c2ccc(-c3ccc4c(c3)c3ccc(-c5ccc(-c6nc7ccccc7s6)cc5)cc3n4-c3ccccc3)cc21. The van der Waals surface area contributed by atoms with E-state index in [1.165, 1.54) is 71.0 Å². The first-order valence-corrected chi connectivity index (χ1v) is 17.7. The van der Waals surface area contributed by atoms with Gasteiger partial charge in [0.15, 0.2) is 0 Å². The van der Waals surface area contributed by atoms with Crippen LogP contribution >= 0.6 is 11.3 Å². The highest BCUT2D eigenvalue weighted by Gasteiger charge is 2.35. The van der Waals surface area contributed by atoms with Crippen molar-refractivity contribution in [3.05, 3.63) is 169 Å². The van der Waals surface area contributed by atoms with Crippen LogP contribution in [-0.2, 0) is 5.41 Å². The lowest BCUT2D eigenvalue weighted by Crippen LogP contribution is -2.14. The zero-order chi connectivity index (χ0) is 32.7. The van der Waals surface area contributed by atoms with E-state index in [4.69, 9.17) is 4.98 Å². The highest BCUT2D eigenvalue weighted by molar-refractivity contribution is 7.21. The van der Waals surface area contributed by atoms with Gasteiger partial charge in [0, 0.05) is 27.4 Å². The predicted octanol–water partition coefficient (Wildman–Crippen LogP) is 12.7.